The highest BCUT2D eigenvalue weighted by Gasteiger charge is 2.13. The fourth-order valence-corrected chi connectivity index (χ4v) is 3.20. The summed E-state index contributed by atoms with van der Waals surface area (Å²) in [6.07, 6.45) is 3.58. The zero-order valence-corrected chi connectivity index (χ0v) is 15.4. The summed E-state index contributed by atoms with van der Waals surface area (Å²) >= 11 is 3.37. The van der Waals surface area contributed by atoms with Crippen molar-refractivity contribution in [2.75, 3.05) is 7.11 Å². The van der Waals surface area contributed by atoms with Gasteiger partial charge in [-0.25, -0.2) is 4.98 Å². The zero-order chi connectivity index (χ0) is 17.4. The lowest BCUT2D eigenvalue weighted by Crippen LogP contribution is -1.95. The monoisotopic (exact) mass is 397 g/mol. The van der Waals surface area contributed by atoms with E-state index in [1.165, 1.54) is 0 Å². The van der Waals surface area contributed by atoms with Crippen LogP contribution in [0.1, 0.15) is 11.3 Å². The van der Waals surface area contributed by atoms with Crippen LogP contribution in [0.4, 0.5) is 0 Å². The Balaban J connectivity index is 1.84. The molecule has 0 radical (unpaired) electrons. The van der Waals surface area contributed by atoms with Gasteiger partial charge in [-0.1, -0.05) is 0 Å². The van der Waals surface area contributed by atoms with Crippen molar-refractivity contribution in [2.24, 2.45) is 0 Å². The minimum absolute atomic E-state index is 0.516. The molecule has 126 valence electrons. The van der Waals surface area contributed by atoms with Crippen molar-refractivity contribution in [3.63, 3.8) is 0 Å². The molecule has 3 heterocycles. The smallest absolute Gasteiger partial charge is 0.219 e. The third-order valence-electron chi connectivity index (χ3n) is 4.14. The Morgan fingerprint density at radius 3 is 2.72 bits per heavy atom. The number of fused-ring (bicyclic) bond motifs is 3. The van der Waals surface area contributed by atoms with Crippen molar-refractivity contribution < 1.29 is 9.47 Å². The number of nitrogens with one attached hydrogen (secondary N) is 1. The van der Waals surface area contributed by atoms with E-state index in [0.717, 1.165) is 43.3 Å². The number of hydrogen-bond donors (Lipinski definition) is 1. The van der Waals surface area contributed by atoms with Gasteiger partial charge in [-0.2, -0.15) is 0 Å². The maximum atomic E-state index is 5.90. The Labute approximate surface area is 153 Å². The van der Waals surface area contributed by atoms with Crippen molar-refractivity contribution in [3.8, 4) is 11.6 Å². The second-order valence-corrected chi connectivity index (χ2v) is 6.71. The summed E-state index contributed by atoms with van der Waals surface area (Å²) in [4.78, 5) is 12.1. The first-order chi connectivity index (χ1) is 12.2. The molecule has 4 rings (SSSR count). The van der Waals surface area contributed by atoms with Crippen LogP contribution in [0.2, 0.25) is 0 Å². The minimum atomic E-state index is 0.516. The van der Waals surface area contributed by atoms with Gasteiger partial charge in [0, 0.05) is 51.4 Å². The van der Waals surface area contributed by atoms with E-state index in [1.54, 1.807) is 13.3 Å². The summed E-state index contributed by atoms with van der Waals surface area (Å²) in [6, 6.07) is 9.69. The van der Waals surface area contributed by atoms with E-state index in [1.807, 2.05) is 43.5 Å². The predicted octanol–water partition coefficient (Wildman–Crippen LogP) is 5.12. The maximum absolute atomic E-state index is 5.90. The summed E-state index contributed by atoms with van der Waals surface area (Å²) in [6.45, 7) is 2.52. The van der Waals surface area contributed by atoms with E-state index in [-0.39, 0.29) is 0 Å². The molecule has 0 aliphatic carbocycles. The fourth-order valence-electron chi connectivity index (χ4n) is 2.96. The van der Waals surface area contributed by atoms with Gasteiger partial charge in [0.15, 0.2) is 0 Å². The number of aryl methyl sites for hydroxylation is 1. The number of hydrogen-bond acceptors (Lipinski definition) is 4. The quantitative estimate of drug-likeness (QED) is 0.518. The number of ether oxygens (including phenoxy) is 2. The minimum Gasteiger partial charge on any atom is -0.439 e. The number of pyridine rings is 2. The second-order valence-electron chi connectivity index (χ2n) is 5.79. The third kappa shape index (κ3) is 2.99. The molecule has 1 aromatic carbocycles. The van der Waals surface area contributed by atoms with Gasteiger partial charge in [0.25, 0.3) is 0 Å². The van der Waals surface area contributed by atoms with Crippen LogP contribution in [0.25, 0.3) is 21.8 Å². The third-order valence-corrected chi connectivity index (χ3v) is 4.61. The van der Waals surface area contributed by atoms with Crippen molar-refractivity contribution >= 4 is 37.7 Å². The first-order valence-corrected chi connectivity index (χ1v) is 8.63. The number of nitrogens with zero attached hydrogens (tertiary/aromatic N) is 2. The van der Waals surface area contributed by atoms with Crippen molar-refractivity contribution in [2.45, 2.75) is 13.5 Å². The van der Waals surface area contributed by atoms with E-state index in [9.17, 15) is 0 Å². The lowest BCUT2D eigenvalue weighted by atomic mass is 10.1. The van der Waals surface area contributed by atoms with Crippen molar-refractivity contribution in [3.05, 3.63) is 58.5 Å². The highest BCUT2D eigenvalue weighted by Crippen LogP contribution is 2.33. The lowest BCUT2D eigenvalue weighted by Gasteiger charge is -2.07. The second kappa shape index (κ2) is 6.46. The van der Waals surface area contributed by atoms with Crippen LogP contribution in [-0.4, -0.2) is 22.1 Å². The van der Waals surface area contributed by atoms with E-state index in [4.69, 9.17) is 9.47 Å². The van der Waals surface area contributed by atoms with Crippen LogP contribution in [0.3, 0.4) is 0 Å². The molecular formula is C19H16BrN3O2. The van der Waals surface area contributed by atoms with Crippen molar-refractivity contribution in [1.29, 1.82) is 0 Å². The zero-order valence-electron chi connectivity index (χ0n) is 13.8. The summed E-state index contributed by atoms with van der Waals surface area (Å²) in [5, 5.41) is 2.21. The van der Waals surface area contributed by atoms with Gasteiger partial charge in [0.05, 0.1) is 18.3 Å². The topological polar surface area (TPSA) is 60.0 Å². The van der Waals surface area contributed by atoms with Gasteiger partial charge >= 0.3 is 0 Å². The molecule has 4 aromatic rings. The number of H-pyrrole nitrogens is 1. The predicted molar refractivity (Wildman–Crippen MR) is 101 cm³/mol. The molecule has 0 aliphatic rings. The Morgan fingerprint density at radius 1 is 1.08 bits per heavy atom. The Hall–Kier alpha value is -2.44. The van der Waals surface area contributed by atoms with Gasteiger partial charge in [-0.15, -0.1) is 0 Å². The molecule has 6 heteroatoms. The molecule has 0 atom stereocenters. The molecule has 5 nitrogen and oxygen atoms in total. The Bertz CT molecular complexity index is 1060. The summed E-state index contributed by atoms with van der Waals surface area (Å²) in [7, 11) is 1.70. The number of halogens is 1. The molecule has 25 heavy (non-hydrogen) atoms. The van der Waals surface area contributed by atoms with Gasteiger partial charge in [0.2, 0.25) is 5.88 Å². The van der Waals surface area contributed by atoms with Crippen LogP contribution >= 0.6 is 15.9 Å². The average Bonchev–Trinajstić information content (AvgIpc) is 2.98. The first-order valence-electron chi connectivity index (χ1n) is 7.84. The molecule has 1 N–H and O–H groups in total. The van der Waals surface area contributed by atoms with Crippen LogP contribution in [0, 0.1) is 6.92 Å². The van der Waals surface area contributed by atoms with Gasteiger partial charge < -0.3 is 14.5 Å². The fraction of sp³-hybridized carbons (Fsp3) is 0.158. The van der Waals surface area contributed by atoms with Crippen LogP contribution in [-0.2, 0) is 11.3 Å². The van der Waals surface area contributed by atoms with E-state index >= 15 is 0 Å². The van der Waals surface area contributed by atoms with Gasteiger partial charge in [-0.3, -0.25) is 4.98 Å². The summed E-state index contributed by atoms with van der Waals surface area (Å²) in [5.41, 5.74) is 4.09. The molecule has 3 aromatic heterocycles. The summed E-state index contributed by atoms with van der Waals surface area (Å²) < 4.78 is 12.2. The van der Waals surface area contributed by atoms with E-state index in [2.05, 4.69) is 30.9 Å². The van der Waals surface area contributed by atoms with Crippen LogP contribution in [0.15, 0.2) is 47.2 Å². The number of aromatic amines is 1. The molecule has 0 unspecified atom stereocenters. The standard InChI is InChI=1S/C19H16BrN3O2/c1-11-15(10-24-2)19-14-7-13(25-18-6-3-12(20)8-22-18)4-5-16(14)23-17(19)9-21-11/h3-9,23H,10H2,1-2H3. The SMILES string of the molecule is COCc1c(C)ncc2[nH]c3ccc(Oc4ccc(Br)cn4)cc3c12. The Morgan fingerprint density at radius 2 is 1.96 bits per heavy atom. The molecule has 0 saturated heterocycles. The van der Waals surface area contributed by atoms with Gasteiger partial charge in [-0.05, 0) is 47.1 Å². The number of aromatic nitrogens is 3. The number of methoxy groups -OCH3 is 1. The lowest BCUT2D eigenvalue weighted by molar-refractivity contribution is 0.185. The van der Waals surface area contributed by atoms with Crippen molar-refractivity contribution in [1.82, 2.24) is 15.0 Å². The molecular weight excluding hydrogens is 382 g/mol. The largest absolute Gasteiger partial charge is 0.439 e. The summed E-state index contributed by atoms with van der Waals surface area (Å²) in [5.74, 6) is 1.29. The average molecular weight is 398 g/mol. The molecule has 0 aliphatic heterocycles. The van der Waals surface area contributed by atoms with E-state index < -0.39 is 0 Å². The molecule has 0 amide bonds. The van der Waals surface area contributed by atoms with Crippen LogP contribution < -0.4 is 4.74 Å². The Kier molecular flexibility index (Phi) is 4.15. The number of rotatable bonds is 4. The molecule has 0 bridgehead atoms. The van der Waals surface area contributed by atoms with E-state index in [0.29, 0.717) is 12.5 Å². The first kappa shape index (κ1) is 16.1. The van der Waals surface area contributed by atoms with Gasteiger partial charge in [0.1, 0.15) is 5.75 Å². The number of benzene rings is 1. The normalized spacial score (nSPS) is 11.3. The molecule has 0 spiro atoms. The highest BCUT2D eigenvalue weighted by atomic mass is 79.9. The maximum Gasteiger partial charge on any atom is 0.219 e. The highest BCUT2D eigenvalue weighted by molar-refractivity contribution is 9.10. The molecule has 0 fully saturated rings. The van der Waals surface area contributed by atoms with Crippen LogP contribution in [0.5, 0.6) is 11.6 Å². The molecule has 0 saturated carbocycles.